The van der Waals surface area contributed by atoms with E-state index in [2.05, 4.69) is 21.2 Å². The van der Waals surface area contributed by atoms with Gasteiger partial charge >= 0.3 is 11.8 Å². The summed E-state index contributed by atoms with van der Waals surface area (Å²) < 4.78 is 16.0. The van der Waals surface area contributed by atoms with E-state index in [9.17, 15) is 14.4 Å². The predicted molar refractivity (Wildman–Crippen MR) is 124 cm³/mol. The first-order chi connectivity index (χ1) is 15.9. The van der Waals surface area contributed by atoms with Gasteiger partial charge in [-0.2, -0.15) is 5.10 Å². The highest BCUT2D eigenvalue weighted by Gasteiger charge is 2.12. The molecule has 10 nitrogen and oxygen atoms in total. The number of nitrogens with one attached hydrogen (secondary N) is 3. The molecule has 2 aromatic rings. The number of para-hydroxylation sites is 1. The number of methoxy groups -OCH3 is 1. The zero-order valence-corrected chi connectivity index (χ0v) is 18.8. The Morgan fingerprint density at radius 2 is 1.82 bits per heavy atom. The molecule has 0 aliphatic carbocycles. The maximum Gasteiger partial charge on any atom is 0.329 e. The number of rotatable bonds is 11. The zero-order valence-electron chi connectivity index (χ0n) is 18.8. The van der Waals surface area contributed by atoms with E-state index in [0.29, 0.717) is 30.3 Å². The topological polar surface area (TPSA) is 127 Å². The molecule has 0 bridgehead atoms. The van der Waals surface area contributed by atoms with Crippen molar-refractivity contribution in [2.75, 3.05) is 38.8 Å². The smallest absolute Gasteiger partial charge is 0.329 e. The minimum atomic E-state index is -0.896. The fourth-order valence-corrected chi connectivity index (χ4v) is 2.60. The first-order valence-electron chi connectivity index (χ1n) is 10.3. The third-order valence-electron chi connectivity index (χ3n) is 4.22. The number of aryl methyl sites for hydroxylation is 1. The number of amides is 3. The maximum absolute atomic E-state index is 12.2. The molecule has 0 spiro atoms. The van der Waals surface area contributed by atoms with Crippen molar-refractivity contribution < 1.29 is 28.6 Å². The fraction of sp³-hybridized carbons (Fsp3) is 0.304. The largest absolute Gasteiger partial charge is 0.490 e. The van der Waals surface area contributed by atoms with Crippen LogP contribution in [0.1, 0.15) is 18.1 Å². The molecule has 2 rings (SSSR count). The van der Waals surface area contributed by atoms with E-state index >= 15 is 0 Å². The van der Waals surface area contributed by atoms with Gasteiger partial charge in [0.1, 0.15) is 0 Å². The Kier molecular flexibility index (Phi) is 10.4. The Balaban J connectivity index is 1.94. The summed E-state index contributed by atoms with van der Waals surface area (Å²) in [7, 11) is 1.49. The van der Waals surface area contributed by atoms with Crippen molar-refractivity contribution in [1.82, 2.24) is 10.7 Å². The number of hydrogen-bond acceptors (Lipinski definition) is 7. The summed E-state index contributed by atoms with van der Waals surface area (Å²) in [6, 6.07) is 12.4. The van der Waals surface area contributed by atoms with E-state index in [1.807, 2.05) is 38.1 Å². The summed E-state index contributed by atoms with van der Waals surface area (Å²) in [5, 5.41) is 8.96. The highest BCUT2D eigenvalue weighted by Crippen LogP contribution is 2.28. The summed E-state index contributed by atoms with van der Waals surface area (Å²) in [5.74, 6) is -1.22. The molecule has 3 N–H and O–H groups in total. The zero-order chi connectivity index (χ0) is 24.1. The summed E-state index contributed by atoms with van der Waals surface area (Å²) in [4.78, 5) is 35.5. The lowest BCUT2D eigenvalue weighted by Crippen LogP contribution is -2.39. The van der Waals surface area contributed by atoms with Crippen molar-refractivity contribution in [3.8, 4) is 11.5 Å². The fourth-order valence-electron chi connectivity index (χ4n) is 2.60. The summed E-state index contributed by atoms with van der Waals surface area (Å²) in [6.45, 7) is 4.41. The average molecular weight is 456 g/mol. The van der Waals surface area contributed by atoms with Gasteiger partial charge in [0.2, 0.25) is 0 Å². The van der Waals surface area contributed by atoms with Gasteiger partial charge in [-0.15, -0.1) is 0 Å². The molecule has 0 aromatic heterocycles. The Morgan fingerprint density at radius 3 is 2.55 bits per heavy atom. The van der Waals surface area contributed by atoms with Crippen LogP contribution in [0.3, 0.4) is 0 Å². The monoisotopic (exact) mass is 456 g/mol. The molecule has 0 heterocycles. The lowest BCUT2D eigenvalue weighted by atomic mass is 10.2. The van der Waals surface area contributed by atoms with Gasteiger partial charge in [0.15, 0.2) is 18.1 Å². The second-order valence-corrected chi connectivity index (χ2v) is 6.74. The first kappa shape index (κ1) is 25.3. The van der Waals surface area contributed by atoms with Crippen molar-refractivity contribution >= 4 is 29.6 Å². The summed E-state index contributed by atoms with van der Waals surface area (Å²) >= 11 is 0. The number of benzene rings is 2. The van der Waals surface area contributed by atoms with Gasteiger partial charge in [-0.3, -0.25) is 14.4 Å². The van der Waals surface area contributed by atoms with E-state index in [4.69, 9.17) is 14.2 Å². The standard InChI is InChI=1S/C23H28N4O6/c1-4-32-20-13-17(14-25-27-23(30)22(29)24-11-12-31-3)9-10-19(20)33-15-21(28)26-18-8-6-5-7-16(18)2/h5-10,13-14H,4,11-12,15H2,1-3H3,(H,24,29)(H,26,28)(H,27,30)/b25-14-. The molecule has 176 valence electrons. The van der Waals surface area contributed by atoms with Crippen molar-refractivity contribution in [1.29, 1.82) is 0 Å². The molecule has 0 fully saturated rings. The lowest BCUT2D eigenvalue weighted by Gasteiger charge is -2.13. The van der Waals surface area contributed by atoms with Crippen molar-refractivity contribution in [3.63, 3.8) is 0 Å². The van der Waals surface area contributed by atoms with Gasteiger partial charge in [-0.25, -0.2) is 5.43 Å². The Bertz CT molecular complexity index is 993. The molecule has 2 aromatic carbocycles. The van der Waals surface area contributed by atoms with E-state index in [0.717, 1.165) is 11.3 Å². The number of hydrazone groups is 1. The molecular weight excluding hydrogens is 428 g/mol. The van der Waals surface area contributed by atoms with E-state index in [1.165, 1.54) is 13.3 Å². The number of ether oxygens (including phenoxy) is 3. The predicted octanol–water partition coefficient (Wildman–Crippen LogP) is 1.62. The van der Waals surface area contributed by atoms with Crippen LogP contribution < -0.4 is 25.5 Å². The molecule has 3 amide bonds. The van der Waals surface area contributed by atoms with E-state index < -0.39 is 11.8 Å². The average Bonchev–Trinajstić information content (AvgIpc) is 2.80. The molecule has 0 aliphatic heterocycles. The van der Waals surface area contributed by atoms with Crippen LogP contribution in [0.15, 0.2) is 47.6 Å². The number of carbonyl (C=O) groups is 3. The molecule has 0 aliphatic rings. The van der Waals surface area contributed by atoms with Gasteiger partial charge in [0.25, 0.3) is 5.91 Å². The van der Waals surface area contributed by atoms with Crippen LogP contribution in [-0.4, -0.2) is 57.4 Å². The van der Waals surface area contributed by atoms with E-state index in [-0.39, 0.29) is 19.1 Å². The van der Waals surface area contributed by atoms with Crippen molar-refractivity contribution in [3.05, 3.63) is 53.6 Å². The summed E-state index contributed by atoms with van der Waals surface area (Å²) in [5.41, 5.74) is 4.40. The molecule has 0 saturated carbocycles. The maximum atomic E-state index is 12.2. The SMILES string of the molecule is CCOc1cc(/C=N\NC(=O)C(=O)NCCOC)ccc1OCC(=O)Nc1ccccc1C. The number of nitrogens with zero attached hydrogens (tertiary/aromatic N) is 1. The van der Waals surface area contributed by atoms with Crippen molar-refractivity contribution in [2.24, 2.45) is 5.10 Å². The van der Waals surface area contributed by atoms with Crippen molar-refractivity contribution in [2.45, 2.75) is 13.8 Å². The van der Waals surface area contributed by atoms with E-state index in [1.54, 1.807) is 18.2 Å². The van der Waals surface area contributed by atoms with Gasteiger partial charge in [-0.05, 0) is 49.2 Å². The Morgan fingerprint density at radius 1 is 1.03 bits per heavy atom. The normalized spacial score (nSPS) is 10.5. The molecule has 0 saturated heterocycles. The number of anilines is 1. The van der Waals surface area contributed by atoms with Crippen LogP contribution in [0.5, 0.6) is 11.5 Å². The highest BCUT2D eigenvalue weighted by atomic mass is 16.5. The second kappa shape index (κ2) is 13.5. The number of carbonyl (C=O) groups excluding carboxylic acids is 3. The van der Waals surface area contributed by atoms with Crippen LogP contribution >= 0.6 is 0 Å². The molecule has 10 heteroatoms. The Labute approximate surface area is 192 Å². The van der Waals surface area contributed by atoms with Crippen LogP contribution in [0.2, 0.25) is 0 Å². The Hall–Kier alpha value is -3.92. The third-order valence-corrected chi connectivity index (χ3v) is 4.22. The highest BCUT2D eigenvalue weighted by molar-refractivity contribution is 6.35. The van der Waals surface area contributed by atoms with Crippen LogP contribution in [0.4, 0.5) is 5.69 Å². The minimum absolute atomic E-state index is 0.198. The van der Waals surface area contributed by atoms with Gasteiger partial charge in [0, 0.05) is 19.3 Å². The molecule has 0 radical (unpaired) electrons. The minimum Gasteiger partial charge on any atom is -0.490 e. The van der Waals surface area contributed by atoms with Crippen LogP contribution in [0, 0.1) is 6.92 Å². The number of hydrogen-bond donors (Lipinski definition) is 3. The lowest BCUT2D eigenvalue weighted by molar-refractivity contribution is -0.139. The molecule has 0 atom stereocenters. The summed E-state index contributed by atoms with van der Waals surface area (Å²) in [6.07, 6.45) is 1.36. The second-order valence-electron chi connectivity index (χ2n) is 6.74. The molecular formula is C23H28N4O6. The first-order valence-corrected chi connectivity index (χ1v) is 10.3. The van der Waals surface area contributed by atoms with Crippen LogP contribution in [0.25, 0.3) is 0 Å². The molecule has 33 heavy (non-hydrogen) atoms. The third kappa shape index (κ3) is 8.62. The quantitative estimate of drug-likeness (QED) is 0.204. The van der Waals surface area contributed by atoms with Gasteiger partial charge < -0.3 is 24.8 Å². The molecule has 0 unspecified atom stereocenters. The van der Waals surface area contributed by atoms with Gasteiger partial charge in [0.05, 0.1) is 19.4 Å². The van der Waals surface area contributed by atoms with Crippen LogP contribution in [-0.2, 0) is 19.1 Å². The van der Waals surface area contributed by atoms with Gasteiger partial charge in [-0.1, -0.05) is 18.2 Å².